The van der Waals surface area contributed by atoms with Crippen LogP contribution in [0.3, 0.4) is 0 Å². The number of hydrogen-bond acceptors (Lipinski definition) is 2. The predicted molar refractivity (Wildman–Crippen MR) is 62.6 cm³/mol. The van der Waals surface area contributed by atoms with Gasteiger partial charge in [-0.05, 0) is 39.8 Å². The van der Waals surface area contributed by atoms with Crippen LogP contribution in [0, 0.1) is 0 Å². The summed E-state index contributed by atoms with van der Waals surface area (Å²) in [7, 11) is 2.25. The van der Waals surface area contributed by atoms with E-state index in [9.17, 15) is 0 Å². The van der Waals surface area contributed by atoms with Gasteiger partial charge in [0.15, 0.2) is 0 Å². The normalized spacial score (nSPS) is 27.4. The fraction of sp³-hybridized carbons (Fsp3) is 1.00. The Morgan fingerprint density at radius 3 is 2.64 bits per heavy atom. The molecule has 0 radical (unpaired) electrons. The summed E-state index contributed by atoms with van der Waals surface area (Å²) >= 11 is 0. The lowest BCUT2D eigenvalue weighted by Gasteiger charge is -2.21. The third-order valence-electron chi connectivity index (χ3n) is 3.14. The third kappa shape index (κ3) is 4.43. The van der Waals surface area contributed by atoms with Crippen LogP contribution in [-0.4, -0.2) is 37.1 Å². The van der Waals surface area contributed by atoms with Crippen LogP contribution in [0.25, 0.3) is 0 Å². The number of unbranched alkanes of at least 4 members (excludes halogenated alkanes) is 2. The summed E-state index contributed by atoms with van der Waals surface area (Å²) < 4.78 is 0. The summed E-state index contributed by atoms with van der Waals surface area (Å²) in [6.45, 7) is 7.05. The zero-order valence-electron chi connectivity index (χ0n) is 10.1. The highest BCUT2D eigenvalue weighted by molar-refractivity contribution is 4.82. The maximum Gasteiger partial charge on any atom is 0.0197 e. The third-order valence-corrected chi connectivity index (χ3v) is 3.14. The van der Waals surface area contributed by atoms with Crippen LogP contribution >= 0.6 is 0 Å². The first-order valence-electron chi connectivity index (χ1n) is 6.17. The minimum Gasteiger partial charge on any atom is -0.310 e. The largest absolute Gasteiger partial charge is 0.310 e. The second kappa shape index (κ2) is 6.41. The predicted octanol–water partition coefficient (Wildman–Crippen LogP) is 2.25. The van der Waals surface area contributed by atoms with Gasteiger partial charge in [0.25, 0.3) is 0 Å². The van der Waals surface area contributed by atoms with Crippen LogP contribution in [0.4, 0.5) is 0 Å². The molecule has 2 atom stereocenters. The van der Waals surface area contributed by atoms with Crippen LogP contribution in [0.15, 0.2) is 0 Å². The molecule has 0 bridgehead atoms. The molecule has 0 aromatic carbocycles. The second-order valence-corrected chi connectivity index (χ2v) is 4.81. The van der Waals surface area contributed by atoms with Crippen molar-refractivity contribution in [3.05, 3.63) is 0 Å². The van der Waals surface area contributed by atoms with Gasteiger partial charge >= 0.3 is 0 Å². The van der Waals surface area contributed by atoms with Gasteiger partial charge < -0.3 is 10.2 Å². The second-order valence-electron chi connectivity index (χ2n) is 4.81. The van der Waals surface area contributed by atoms with E-state index in [0.29, 0.717) is 0 Å². The highest BCUT2D eigenvalue weighted by atomic mass is 15.1. The fourth-order valence-corrected chi connectivity index (χ4v) is 2.26. The van der Waals surface area contributed by atoms with Crippen molar-refractivity contribution in [1.82, 2.24) is 10.2 Å². The van der Waals surface area contributed by atoms with Crippen molar-refractivity contribution in [3.63, 3.8) is 0 Å². The van der Waals surface area contributed by atoms with Gasteiger partial charge in [-0.1, -0.05) is 19.8 Å². The molecule has 0 aliphatic carbocycles. The van der Waals surface area contributed by atoms with E-state index in [1.807, 2.05) is 0 Å². The molecule has 1 rings (SSSR count). The zero-order chi connectivity index (χ0) is 10.4. The summed E-state index contributed by atoms with van der Waals surface area (Å²) in [5, 5.41) is 3.63. The summed E-state index contributed by atoms with van der Waals surface area (Å²) in [5.74, 6) is 0. The Balaban J connectivity index is 2.05. The van der Waals surface area contributed by atoms with Gasteiger partial charge in [0.2, 0.25) is 0 Å². The Morgan fingerprint density at radius 2 is 2.07 bits per heavy atom. The molecule has 1 fully saturated rings. The van der Waals surface area contributed by atoms with Crippen molar-refractivity contribution >= 4 is 0 Å². The van der Waals surface area contributed by atoms with Crippen molar-refractivity contribution in [1.29, 1.82) is 0 Å². The zero-order valence-corrected chi connectivity index (χ0v) is 10.1. The molecule has 2 heteroatoms. The SMILES string of the molecule is CCCCCN(C)CC1CCC(C)N1. The monoisotopic (exact) mass is 198 g/mol. The number of hydrogen-bond donors (Lipinski definition) is 1. The van der Waals surface area contributed by atoms with E-state index in [4.69, 9.17) is 0 Å². The minimum atomic E-state index is 0.740. The van der Waals surface area contributed by atoms with Crippen LogP contribution in [0.5, 0.6) is 0 Å². The van der Waals surface area contributed by atoms with Gasteiger partial charge in [-0.2, -0.15) is 0 Å². The first-order valence-corrected chi connectivity index (χ1v) is 6.17. The molecule has 2 unspecified atom stereocenters. The quantitative estimate of drug-likeness (QED) is 0.659. The van der Waals surface area contributed by atoms with E-state index in [-0.39, 0.29) is 0 Å². The van der Waals surface area contributed by atoms with E-state index in [1.165, 1.54) is 45.2 Å². The molecule has 84 valence electrons. The Kier molecular flexibility index (Phi) is 5.49. The van der Waals surface area contributed by atoms with E-state index in [2.05, 4.69) is 31.1 Å². The topological polar surface area (TPSA) is 15.3 Å². The molecule has 0 aromatic rings. The first-order chi connectivity index (χ1) is 6.72. The van der Waals surface area contributed by atoms with Crippen LogP contribution in [0.1, 0.15) is 46.0 Å². The maximum atomic E-state index is 3.63. The van der Waals surface area contributed by atoms with E-state index in [0.717, 1.165) is 12.1 Å². The fourth-order valence-electron chi connectivity index (χ4n) is 2.26. The standard InChI is InChI=1S/C12H26N2/c1-4-5-6-9-14(3)10-12-8-7-11(2)13-12/h11-13H,4-10H2,1-3H3. The highest BCUT2D eigenvalue weighted by Gasteiger charge is 2.20. The molecule has 0 aromatic heterocycles. The molecule has 0 amide bonds. The average Bonchev–Trinajstić information content (AvgIpc) is 2.52. The van der Waals surface area contributed by atoms with Crippen LogP contribution in [0.2, 0.25) is 0 Å². The molecule has 1 saturated heterocycles. The lowest BCUT2D eigenvalue weighted by molar-refractivity contribution is 0.291. The molecular weight excluding hydrogens is 172 g/mol. The molecule has 0 saturated carbocycles. The lowest BCUT2D eigenvalue weighted by atomic mass is 10.2. The van der Waals surface area contributed by atoms with Crippen LogP contribution < -0.4 is 5.32 Å². The van der Waals surface area contributed by atoms with Crippen molar-refractivity contribution in [3.8, 4) is 0 Å². The van der Waals surface area contributed by atoms with Gasteiger partial charge in [-0.25, -0.2) is 0 Å². The number of nitrogens with zero attached hydrogens (tertiary/aromatic N) is 1. The molecule has 1 heterocycles. The molecule has 1 aliphatic rings. The molecule has 14 heavy (non-hydrogen) atoms. The average molecular weight is 198 g/mol. The molecule has 2 nitrogen and oxygen atoms in total. The Hall–Kier alpha value is -0.0800. The Labute approximate surface area is 89.1 Å². The van der Waals surface area contributed by atoms with Crippen molar-refractivity contribution in [2.45, 2.75) is 58.0 Å². The smallest absolute Gasteiger partial charge is 0.0197 e. The van der Waals surface area contributed by atoms with Crippen molar-refractivity contribution in [2.75, 3.05) is 20.1 Å². The molecule has 1 aliphatic heterocycles. The summed E-state index contributed by atoms with van der Waals surface area (Å²) in [5.41, 5.74) is 0. The Bertz CT molecular complexity index is 147. The highest BCUT2D eigenvalue weighted by Crippen LogP contribution is 2.12. The van der Waals surface area contributed by atoms with Crippen molar-refractivity contribution in [2.24, 2.45) is 0 Å². The lowest BCUT2D eigenvalue weighted by Crippen LogP contribution is -2.37. The number of rotatable bonds is 6. The number of likely N-dealkylation sites (N-methyl/N-ethyl adjacent to an activating group) is 1. The maximum absolute atomic E-state index is 3.63. The van der Waals surface area contributed by atoms with E-state index < -0.39 is 0 Å². The van der Waals surface area contributed by atoms with Gasteiger partial charge in [0.05, 0.1) is 0 Å². The van der Waals surface area contributed by atoms with E-state index in [1.54, 1.807) is 0 Å². The van der Waals surface area contributed by atoms with Crippen molar-refractivity contribution < 1.29 is 0 Å². The molecule has 1 N–H and O–H groups in total. The van der Waals surface area contributed by atoms with Gasteiger partial charge in [0, 0.05) is 18.6 Å². The summed E-state index contributed by atoms with van der Waals surface area (Å²) in [4.78, 5) is 2.48. The molecule has 0 spiro atoms. The van der Waals surface area contributed by atoms with E-state index >= 15 is 0 Å². The summed E-state index contributed by atoms with van der Waals surface area (Å²) in [6, 6.07) is 1.49. The molecular formula is C12H26N2. The Morgan fingerprint density at radius 1 is 1.29 bits per heavy atom. The van der Waals surface area contributed by atoms with Crippen LogP contribution in [-0.2, 0) is 0 Å². The minimum absolute atomic E-state index is 0.740. The number of nitrogens with one attached hydrogen (secondary N) is 1. The summed E-state index contributed by atoms with van der Waals surface area (Å²) in [6.07, 6.45) is 6.77. The first kappa shape index (κ1) is 12.0. The van der Waals surface area contributed by atoms with Gasteiger partial charge in [0.1, 0.15) is 0 Å². The van der Waals surface area contributed by atoms with Gasteiger partial charge in [-0.15, -0.1) is 0 Å². The van der Waals surface area contributed by atoms with Gasteiger partial charge in [-0.3, -0.25) is 0 Å².